The zero-order chi connectivity index (χ0) is 23.6. The summed E-state index contributed by atoms with van der Waals surface area (Å²) in [4.78, 5) is 39.2. The number of hydrogen-bond acceptors (Lipinski definition) is 5. The van der Waals surface area contributed by atoms with Crippen LogP contribution in [0.5, 0.6) is 0 Å². The monoisotopic (exact) mass is 438 g/mol. The molecule has 2 amide bonds. The predicted octanol–water partition coefficient (Wildman–Crippen LogP) is 3.61. The fourth-order valence-corrected chi connectivity index (χ4v) is 3.87. The molecular formula is C24H42N2O5. The first-order valence-electron chi connectivity index (χ1n) is 11.4. The highest BCUT2D eigenvalue weighted by Crippen LogP contribution is 2.24. The van der Waals surface area contributed by atoms with Crippen LogP contribution in [0.2, 0.25) is 0 Å². The van der Waals surface area contributed by atoms with Crippen LogP contribution in [-0.4, -0.2) is 60.6 Å². The van der Waals surface area contributed by atoms with Gasteiger partial charge >= 0.3 is 5.97 Å². The van der Waals surface area contributed by atoms with E-state index in [4.69, 9.17) is 9.47 Å². The lowest BCUT2D eigenvalue weighted by Gasteiger charge is -2.33. The van der Waals surface area contributed by atoms with Gasteiger partial charge in [0.1, 0.15) is 6.10 Å². The number of amides is 2. The molecule has 0 spiro atoms. The molecule has 31 heavy (non-hydrogen) atoms. The van der Waals surface area contributed by atoms with Crippen LogP contribution in [0, 0.1) is 5.92 Å². The Morgan fingerprint density at radius 2 is 1.87 bits per heavy atom. The van der Waals surface area contributed by atoms with E-state index in [-0.39, 0.29) is 24.7 Å². The molecule has 0 aromatic carbocycles. The fourth-order valence-electron chi connectivity index (χ4n) is 3.87. The lowest BCUT2D eigenvalue weighted by Crippen LogP contribution is -2.52. The Morgan fingerprint density at radius 3 is 2.35 bits per heavy atom. The molecule has 0 aromatic heterocycles. The lowest BCUT2D eigenvalue weighted by atomic mass is 9.88. The molecule has 3 unspecified atom stereocenters. The van der Waals surface area contributed by atoms with E-state index in [0.29, 0.717) is 12.8 Å². The number of allylic oxidation sites excluding steroid dienone is 1. The average Bonchev–Trinajstić information content (AvgIpc) is 3.18. The first-order chi connectivity index (χ1) is 14.5. The summed E-state index contributed by atoms with van der Waals surface area (Å²) in [7, 11) is 1.68. The Bertz CT molecular complexity index is 608. The maximum Gasteiger partial charge on any atom is 0.331 e. The second-order valence-electron chi connectivity index (χ2n) is 9.72. The molecule has 0 saturated heterocycles. The van der Waals surface area contributed by atoms with Crippen LogP contribution in [-0.2, 0) is 23.9 Å². The zero-order valence-electron chi connectivity index (χ0n) is 20.2. The molecular weight excluding hydrogens is 396 g/mol. The van der Waals surface area contributed by atoms with Gasteiger partial charge in [0.25, 0.3) is 0 Å². The number of nitrogens with one attached hydrogen (secondary N) is 1. The van der Waals surface area contributed by atoms with Crippen molar-refractivity contribution in [1.29, 1.82) is 0 Å². The molecule has 1 aliphatic rings. The average molecular weight is 439 g/mol. The van der Waals surface area contributed by atoms with Crippen LogP contribution in [0.4, 0.5) is 0 Å². The second kappa shape index (κ2) is 12.8. The molecule has 1 N–H and O–H groups in total. The van der Waals surface area contributed by atoms with Gasteiger partial charge < -0.3 is 19.7 Å². The van der Waals surface area contributed by atoms with E-state index in [9.17, 15) is 14.4 Å². The Balaban J connectivity index is 3.03. The summed E-state index contributed by atoms with van der Waals surface area (Å²) >= 11 is 0. The molecule has 0 heterocycles. The second-order valence-corrected chi connectivity index (χ2v) is 9.72. The summed E-state index contributed by atoms with van der Waals surface area (Å²) in [5.74, 6) is -1.26. The number of ether oxygens (including phenoxy) is 2. The zero-order valence-corrected chi connectivity index (χ0v) is 20.2. The maximum absolute atomic E-state index is 13.3. The number of hydrogen-bond donors (Lipinski definition) is 1. The summed E-state index contributed by atoms with van der Waals surface area (Å²) in [6.45, 7) is 13.5. The van der Waals surface area contributed by atoms with Gasteiger partial charge in [-0.15, -0.1) is 6.58 Å². The van der Waals surface area contributed by atoms with E-state index in [1.807, 2.05) is 34.6 Å². The van der Waals surface area contributed by atoms with E-state index in [1.165, 1.54) is 4.90 Å². The van der Waals surface area contributed by atoms with Crippen LogP contribution in [0.1, 0.15) is 79.6 Å². The summed E-state index contributed by atoms with van der Waals surface area (Å²) < 4.78 is 11.5. The largest absolute Gasteiger partial charge is 0.461 e. The standard InChI is InChI=1S/C24H42N2O5/c1-8-11-21(26(7)16-27)19(14-17(2)3)22(28)25-20(15-30-24(4,5)6)23(29)31-18-12-9-10-13-18/h16,18-21H,2,8-15H2,1,3-7H3,(H,25,28). The lowest BCUT2D eigenvalue weighted by molar-refractivity contribution is -0.157. The summed E-state index contributed by atoms with van der Waals surface area (Å²) in [5, 5.41) is 2.86. The number of esters is 1. The van der Waals surface area contributed by atoms with Crippen molar-refractivity contribution in [2.24, 2.45) is 5.92 Å². The van der Waals surface area contributed by atoms with Crippen molar-refractivity contribution in [3.05, 3.63) is 12.2 Å². The van der Waals surface area contributed by atoms with E-state index in [1.54, 1.807) is 7.05 Å². The Morgan fingerprint density at radius 1 is 1.26 bits per heavy atom. The molecule has 0 radical (unpaired) electrons. The molecule has 3 atom stereocenters. The third-order valence-electron chi connectivity index (χ3n) is 5.51. The smallest absolute Gasteiger partial charge is 0.331 e. The van der Waals surface area contributed by atoms with Gasteiger partial charge in [0.2, 0.25) is 12.3 Å². The summed E-state index contributed by atoms with van der Waals surface area (Å²) in [6.07, 6.45) is 6.38. The van der Waals surface area contributed by atoms with Crippen LogP contribution in [0.25, 0.3) is 0 Å². The quantitative estimate of drug-likeness (QED) is 0.270. The topological polar surface area (TPSA) is 84.9 Å². The number of nitrogens with zero attached hydrogens (tertiary/aromatic N) is 1. The van der Waals surface area contributed by atoms with E-state index in [0.717, 1.165) is 44.1 Å². The molecule has 1 saturated carbocycles. The molecule has 178 valence electrons. The van der Waals surface area contributed by atoms with Crippen molar-refractivity contribution < 1.29 is 23.9 Å². The van der Waals surface area contributed by atoms with E-state index < -0.39 is 23.5 Å². The van der Waals surface area contributed by atoms with Gasteiger partial charge in [0.05, 0.1) is 18.1 Å². The van der Waals surface area contributed by atoms with Gasteiger partial charge in [-0.3, -0.25) is 9.59 Å². The molecule has 7 heteroatoms. The minimum Gasteiger partial charge on any atom is -0.461 e. The van der Waals surface area contributed by atoms with Crippen molar-refractivity contribution in [2.75, 3.05) is 13.7 Å². The predicted molar refractivity (Wildman–Crippen MR) is 121 cm³/mol. The number of carbonyl (C=O) groups excluding carboxylic acids is 3. The molecule has 0 aromatic rings. The number of rotatable bonds is 13. The summed E-state index contributed by atoms with van der Waals surface area (Å²) in [5.41, 5.74) is 0.382. The number of carbonyl (C=O) groups is 3. The molecule has 1 rings (SSSR count). The Kier molecular flexibility index (Phi) is 11.2. The van der Waals surface area contributed by atoms with Crippen LogP contribution < -0.4 is 5.32 Å². The van der Waals surface area contributed by atoms with E-state index >= 15 is 0 Å². The molecule has 0 aliphatic heterocycles. The van der Waals surface area contributed by atoms with Crippen molar-refractivity contribution in [2.45, 2.75) is 103 Å². The Labute approximate surface area is 187 Å². The maximum atomic E-state index is 13.3. The van der Waals surface area contributed by atoms with Gasteiger partial charge in [0.15, 0.2) is 6.04 Å². The van der Waals surface area contributed by atoms with Crippen molar-refractivity contribution in [1.82, 2.24) is 10.2 Å². The van der Waals surface area contributed by atoms with Gasteiger partial charge in [-0.25, -0.2) is 4.79 Å². The van der Waals surface area contributed by atoms with E-state index in [2.05, 4.69) is 11.9 Å². The van der Waals surface area contributed by atoms with Gasteiger partial charge in [-0.05, 0) is 66.2 Å². The SMILES string of the molecule is C=C(C)CC(C(=O)NC(COC(C)(C)C)C(=O)OC1CCCC1)C(CCC)N(C)C=O. The van der Waals surface area contributed by atoms with Crippen molar-refractivity contribution in [3.8, 4) is 0 Å². The minimum atomic E-state index is -0.899. The van der Waals surface area contributed by atoms with Crippen molar-refractivity contribution >= 4 is 18.3 Å². The van der Waals surface area contributed by atoms with Gasteiger partial charge in [-0.1, -0.05) is 18.9 Å². The fraction of sp³-hybridized carbons (Fsp3) is 0.792. The highest BCUT2D eigenvalue weighted by molar-refractivity contribution is 5.86. The molecule has 1 aliphatic carbocycles. The van der Waals surface area contributed by atoms with Gasteiger partial charge in [0, 0.05) is 13.1 Å². The molecule has 1 fully saturated rings. The Hall–Kier alpha value is -1.89. The van der Waals surface area contributed by atoms with Crippen molar-refractivity contribution in [3.63, 3.8) is 0 Å². The van der Waals surface area contributed by atoms with Crippen LogP contribution in [0.15, 0.2) is 12.2 Å². The summed E-state index contributed by atoms with van der Waals surface area (Å²) in [6, 6.07) is -1.18. The third kappa shape index (κ3) is 9.85. The minimum absolute atomic E-state index is 0.0303. The highest BCUT2D eigenvalue weighted by Gasteiger charge is 2.35. The normalized spacial score (nSPS) is 17.5. The van der Waals surface area contributed by atoms with Crippen LogP contribution in [0.3, 0.4) is 0 Å². The molecule has 7 nitrogen and oxygen atoms in total. The molecule has 0 bridgehead atoms. The third-order valence-corrected chi connectivity index (χ3v) is 5.51. The first kappa shape index (κ1) is 27.1. The first-order valence-corrected chi connectivity index (χ1v) is 11.4. The highest BCUT2D eigenvalue weighted by atomic mass is 16.6. The van der Waals surface area contributed by atoms with Gasteiger partial charge in [-0.2, -0.15) is 0 Å². The van der Waals surface area contributed by atoms with Crippen LogP contribution >= 0.6 is 0 Å².